The molecular weight excluding hydrogens is 231 g/mol. The van der Waals surface area contributed by atoms with E-state index in [1.807, 2.05) is 13.8 Å². The van der Waals surface area contributed by atoms with E-state index in [9.17, 15) is 5.11 Å². The van der Waals surface area contributed by atoms with Crippen molar-refractivity contribution in [3.05, 3.63) is 0 Å². The summed E-state index contributed by atoms with van der Waals surface area (Å²) >= 11 is 4.66. The molecule has 0 saturated heterocycles. The molecule has 0 amide bonds. The molecule has 1 atom stereocenters. The van der Waals surface area contributed by atoms with Crippen molar-refractivity contribution >= 4 is 26.6 Å². The van der Waals surface area contributed by atoms with Gasteiger partial charge in [-0.15, -0.1) is 12.2 Å². The number of hydrogen-bond acceptors (Lipinski definition) is 4. The van der Waals surface area contributed by atoms with Crippen LogP contribution in [0.4, 0.5) is 0 Å². The van der Waals surface area contributed by atoms with Crippen LogP contribution in [0.1, 0.15) is 20.3 Å². The van der Waals surface area contributed by atoms with Crippen LogP contribution in [-0.2, 0) is 8.85 Å². The second kappa shape index (κ2) is 7.89. The van der Waals surface area contributed by atoms with Crippen molar-refractivity contribution in [3.8, 4) is 0 Å². The zero-order valence-electron chi connectivity index (χ0n) is 8.92. The van der Waals surface area contributed by atoms with Crippen LogP contribution < -0.4 is 56.5 Å². The zero-order chi connectivity index (χ0) is 9.78. The van der Waals surface area contributed by atoms with Crippen molar-refractivity contribution in [2.24, 2.45) is 0 Å². The molecule has 0 spiro atoms. The average Bonchev–Trinajstić information content (AvgIpc) is 2.05. The van der Waals surface area contributed by atoms with Gasteiger partial charge < -0.3 is 14.0 Å². The fourth-order valence-electron chi connectivity index (χ4n) is 1.02. The van der Waals surface area contributed by atoms with E-state index in [1.54, 1.807) is 14.2 Å². The van der Waals surface area contributed by atoms with Crippen LogP contribution in [0, 0.1) is 0 Å². The first kappa shape index (κ1) is 17.1. The van der Waals surface area contributed by atoms with Gasteiger partial charge in [0.2, 0.25) is 0 Å². The minimum Gasteiger partial charge on any atom is -0.867 e. The van der Waals surface area contributed by atoms with Gasteiger partial charge in [0.05, 0.1) is 0 Å². The van der Waals surface area contributed by atoms with E-state index in [2.05, 4.69) is 12.2 Å². The minimum atomic E-state index is -1.93. The maximum absolute atomic E-state index is 11.1. The summed E-state index contributed by atoms with van der Waals surface area (Å²) in [5.41, 5.74) is 0. The Morgan fingerprint density at radius 2 is 1.85 bits per heavy atom. The Labute approximate surface area is 129 Å². The summed E-state index contributed by atoms with van der Waals surface area (Å²) in [6, 6.07) is 0. The molecule has 0 saturated carbocycles. The normalized spacial score (nSPS) is 14.8. The van der Waals surface area contributed by atoms with E-state index in [-0.39, 0.29) is 56.4 Å². The van der Waals surface area contributed by atoms with Gasteiger partial charge in [-0.2, -0.15) is 0 Å². The smallest absolute Gasteiger partial charge is 0.867 e. The maximum Gasteiger partial charge on any atom is 1.00 e. The minimum absolute atomic E-state index is 0. The number of rotatable bonds is 5. The van der Waals surface area contributed by atoms with Crippen LogP contribution >= 0.6 is 12.2 Å². The summed E-state index contributed by atoms with van der Waals surface area (Å²) in [6.07, 6.45) is 0.675. The third-order valence-corrected chi connectivity index (χ3v) is 5.39. The molecule has 3 nitrogen and oxygen atoms in total. The zero-order valence-corrected chi connectivity index (χ0v) is 14.0. The van der Waals surface area contributed by atoms with Gasteiger partial charge in [0.1, 0.15) is 0 Å². The maximum atomic E-state index is 11.1. The topological polar surface area (TPSA) is 41.5 Å². The first-order valence-corrected chi connectivity index (χ1v) is 5.72. The van der Waals surface area contributed by atoms with Gasteiger partial charge in [-0.05, 0) is 6.42 Å². The monoisotopic (exact) mass is 246 g/mol. The first-order valence-electron chi connectivity index (χ1n) is 3.80. The summed E-state index contributed by atoms with van der Waals surface area (Å²) in [6.45, 7) is 3.73. The molecule has 0 aromatic heterocycles. The fraction of sp³-hybridized carbons (Fsp3) is 0.857. The van der Waals surface area contributed by atoms with Crippen molar-refractivity contribution < 1.29 is 65.3 Å². The molecule has 0 rings (SSSR count). The average molecular weight is 246 g/mol. The molecule has 0 aromatic rings. The van der Waals surface area contributed by atoms with Crippen molar-refractivity contribution in [1.29, 1.82) is 0 Å². The molecule has 1 unspecified atom stereocenters. The van der Waals surface area contributed by atoms with E-state index in [0.29, 0.717) is 6.42 Å². The summed E-state index contributed by atoms with van der Waals surface area (Å²) in [4.78, 5) is 0. The predicted molar refractivity (Wildman–Crippen MR) is 52.4 cm³/mol. The second-order valence-electron chi connectivity index (χ2n) is 2.86. The van der Waals surface area contributed by atoms with Gasteiger partial charge in [0.15, 0.2) is 0 Å². The van der Waals surface area contributed by atoms with Crippen molar-refractivity contribution in [2.75, 3.05) is 14.2 Å². The van der Waals surface area contributed by atoms with Crippen LogP contribution in [0.25, 0.3) is 0 Å². The summed E-state index contributed by atoms with van der Waals surface area (Å²) in [5, 5.41) is 10.3. The second-order valence-corrected chi connectivity index (χ2v) is 6.11. The SMILES string of the molecule is CCC(C)(C([O-])=S)[SiH](OC)OC.[K+]. The van der Waals surface area contributed by atoms with Gasteiger partial charge >= 0.3 is 60.7 Å². The molecule has 72 valence electrons. The molecule has 0 heterocycles. The Balaban J connectivity index is 0. The molecule has 0 bridgehead atoms. The summed E-state index contributed by atoms with van der Waals surface area (Å²) in [7, 11) is 1.19. The first-order chi connectivity index (χ1) is 5.52. The van der Waals surface area contributed by atoms with Crippen LogP contribution in [0.5, 0.6) is 0 Å². The van der Waals surface area contributed by atoms with E-state index in [0.717, 1.165) is 0 Å². The van der Waals surface area contributed by atoms with E-state index < -0.39 is 14.3 Å². The molecule has 0 aromatic carbocycles. The quantitative estimate of drug-likeness (QED) is 0.393. The largest absolute Gasteiger partial charge is 1.00 e. The summed E-state index contributed by atoms with van der Waals surface area (Å²) < 4.78 is 10.3. The number of hydrogen-bond donors (Lipinski definition) is 0. The standard InChI is InChI=1S/C7H16O3SSi.K/c1-5-7(2,6(8)11)12(9-3)10-4;/h12H,5H2,1-4H3,(H,8,11);/q;+1/p-1. The van der Waals surface area contributed by atoms with Crippen molar-refractivity contribution in [3.63, 3.8) is 0 Å². The molecule has 6 heteroatoms. The molecule has 0 aliphatic rings. The van der Waals surface area contributed by atoms with Gasteiger partial charge in [-0.3, -0.25) is 0 Å². The molecule has 0 aliphatic carbocycles. The Kier molecular flexibility index (Phi) is 10.4. The van der Waals surface area contributed by atoms with E-state index >= 15 is 0 Å². The Morgan fingerprint density at radius 3 is 1.92 bits per heavy atom. The van der Waals surface area contributed by atoms with E-state index in [1.165, 1.54) is 0 Å². The van der Waals surface area contributed by atoms with Crippen LogP contribution in [-0.4, -0.2) is 28.6 Å². The fourth-order valence-corrected chi connectivity index (χ4v) is 3.22. The molecule has 0 radical (unpaired) electrons. The predicted octanol–water partition coefficient (Wildman–Crippen LogP) is -2.64. The van der Waals surface area contributed by atoms with Gasteiger partial charge in [-0.1, -0.05) is 18.9 Å². The Bertz CT molecular complexity index is 166. The molecule has 0 aliphatic heterocycles. The molecule has 13 heavy (non-hydrogen) atoms. The van der Waals surface area contributed by atoms with Gasteiger partial charge in [0.25, 0.3) is 0 Å². The van der Waals surface area contributed by atoms with Crippen molar-refractivity contribution in [1.82, 2.24) is 0 Å². The van der Waals surface area contributed by atoms with Crippen molar-refractivity contribution in [2.45, 2.75) is 25.3 Å². The summed E-state index contributed by atoms with van der Waals surface area (Å²) in [5.74, 6) is 0. The van der Waals surface area contributed by atoms with Gasteiger partial charge in [0, 0.05) is 19.3 Å². The Morgan fingerprint density at radius 1 is 1.46 bits per heavy atom. The molecule has 0 fully saturated rings. The van der Waals surface area contributed by atoms with E-state index in [4.69, 9.17) is 8.85 Å². The Hall–Kier alpha value is 1.66. The molecule has 0 N–H and O–H groups in total. The van der Waals surface area contributed by atoms with Crippen LogP contribution in [0.15, 0.2) is 0 Å². The third kappa shape index (κ3) is 4.35. The van der Waals surface area contributed by atoms with Crippen LogP contribution in [0.3, 0.4) is 0 Å². The third-order valence-electron chi connectivity index (χ3n) is 2.15. The van der Waals surface area contributed by atoms with Crippen LogP contribution in [0.2, 0.25) is 5.04 Å². The van der Waals surface area contributed by atoms with Gasteiger partial charge in [-0.25, -0.2) is 0 Å². The number of thiocarbonyl (C=S) groups is 1. The molecular formula is C7H15KO3SSi.